The molecular weight excluding hydrogens is 234 g/mol. The molecule has 1 atom stereocenters. The summed E-state index contributed by atoms with van der Waals surface area (Å²) >= 11 is 3.26. The van der Waals surface area contributed by atoms with Crippen LogP contribution in [-0.4, -0.2) is 5.78 Å². The molecule has 0 bridgehead atoms. The van der Waals surface area contributed by atoms with E-state index in [1.165, 1.54) is 6.92 Å². The van der Waals surface area contributed by atoms with Gasteiger partial charge in [0.15, 0.2) is 11.8 Å². The van der Waals surface area contributed by atoms with Crippen LogP contribution in [0.25, 0.3) is 0 Å². The molecule has 0 spiro atoms. The van der Waals surface area contributed by atoms with Crippen molar-refractivity contribution in [1.82, 2.24) is 0 Å². The van der Waals surface area contributed by atoms with Crippen molar-refractivity contribution >= 4 is 21.7 Å². The van der Waals surface area contributed by atoms with E-state index in [-0.39, 0.29) is 5.78 Å². The van der Waals surface area contributed by atoms with Crippen molar-refractivity contribution < 1.29 is 4.79 Å². The monoisotopic (exact) mass is 241 g/mol. The minimum absolute atomic E-state index is 0.239. The number of benzene rings is 1. The van der Waals surface area contributed by atoms with Gasteiger partial charge < -0.3 is 0 Å². The highest BCUT2D eigenvalue weighted by Gasteiger charge is 2.16. The first-order chi connectivity index (χ1) is 6.15. The Balaban J connectivity index is 2.99. The van der Waals surface area contributed by atoms with E-state index in [1.807, 2.05) is 0 Å². The molecule has 0 radical (unpaired) electrons. The van der Waals surface area contributed by atoms with Gasteiger partial charge >= 0.3 is 0 Å². The fourth-order valence-corrected chi connectivity index (χ4v) is 1.28. The first-order valence-corrected chi connectivity index (χ1v) is 4.53. The summed E-state index contributed by atoms with van der Waals surface area (Å²) in [6.07, 6.45) is 0. The van der Waals surface area contributed by atoms with Crippen molar-refractivity contribution in [3.05, 3.63) is 39.2 Å². The quantitative estimate of drug-likeness (QED) is 0.765. The molecule has 0 fully saturated rings. The molecule has 0 saturated heterocycles. The van der Waals surface area contributed by atoms with E-state index >= 15 is 0 Å². The van der Waals surface area contributed by atoms with E-state index in [0.717, 1.165) is 4.47 Å². The third-order valence-corrected chi connectivity index (χ3v) is 2.20. The predicted molar refractivity (Wildman–Crippen MR) is 53.4 cm³/mol. The van der Waals surface area contributed by atoms with Crippen LogP contribution in [0.2, 0.25) is 0 Å². The van der Waals surface area contributed by atoms with Gasteiger partial charge in [-0.05, 0) is 24.6 Å². The number of rotatable bonds is 3. The van der Waals surface area contributed by atoms with Crippen LogP contribution in [0.3, 0.4) is 0 Å². The van der Waals surface area contributed by atoms with Gasteiger partial charge in [-0.3, -0.25) is 4.79 Å². The molecule has 3 nitrogen and oxygen atoms in total. The van der Waals surface area contributed by atoms with Gasteiger partial charge in [0.1, 0.15) is 0 Å². The molecule has 0 amide bonds. The number of carbonyl (C=O) groups excluding carboxylic acids is 1. The number of hydrogen-bond acceptors (Lipinski definition) is 3. The van der Waals surface area contributed by atoms with Crippen molar-refractivity contribution in [2.45, 2.75) is 13.0 Å². The lowest BCUT2D eigenvalue weighted by molar-refractivity contribution is -0.118. The van der Waals surface area contributed by atoms with Gasteiger partial charge in [0.25, 0.3) is 0 Å². The van der Waals surface area contributed by atoms with Gasteiger partial charge in [0.05, 0.1) is 0 Å². The predicted octanol–water partition coefficient (Wildman–Crippen LogP) is 2.85. The van der Waals surface area contributed by atoms with Crippen molar-refractivity contribution in [3.8, 4) is 0 Å². The van der Waals surface area contributed by atoms with Crippen LogP contribution >= 0.6 is 15.9 Å². The van der Waals surface area contributed by atoms with Crippen molar-refractivity contribution in [3.63, 3.8) is 0 Å². The van der Waals surface area contributed by atoms with Crippen LogP contribution in [-0.2, 0) is 4.79 Å². The molecule has 13 heavy (non-hydrogen) atoms. The minimum atomic E-state index is -0.867. The Labute approximate surface area is 84.3 Å². The molecule has 1 aromatic carbocycles. The minimum Gasteiger partial charge on any atom is -0.297 e. The highest BCUT2D eigenvalue weighted by Crippen LogP contribution is 2.20. The maximum atomic E-state index is 11.0. The summed E-state index contributed by atoms with van der Waals surface area (Å²) in [6.45, 7) is 1.36. The van der Waals surface area contributed by atoms with Crippen molar-refractivity contribution in [2.75, 3.05) is 0 Å². The standard InChI is InChI=1S/C9H8BrNO2/c1-6(12)9(11-13)7-2-4-8(10)5-3-7/h2-5,9H,1H3. The molecule has 0 aromatic heterocycles. The van der Waals surface area contributed by atoms with Crippen LogP contribution in [0, 0.1) is 4.91 Å². The normalized spacial score (nSPS) is 12.2. The number of halogens is 1. The molecule has 0 saturated carbocycles. The van der Waals surface area contributed by atoms with E-state index in [2.05, 4.69) is 21.1 Å². The van der Waals surface area contributed by atoms with Gasteiger partial charge in [0, 0.05) is 4.47 Å². The summed E-state index contributed by atoms with van der Waals surface area (Å²) in [5.74, 6) is -0.239. The zero-order valence-electron chi connectivity index (χ0n) is 7.03. The number of carbonyl (C=O) groups is 1. The molecule has 0 heterocycles. The van der Waals surface area contributed by atoms with Gasteiger partial charge in [0.2, 0.25) is 0 Å². The lowest BCUT2D eigenvalue weighted by Crippen LogP contribution is -2.04. The number of hydrogen-bond donors (Lipinski definition) is 0. The molecule has 1 aromatic rings. The van der Waals surface area contributed by atoms with Crippen LogP contribution in [0.1, 0.15) is 18.5 Å². The van der Waals surface area contributed by atoms with Crippen LogP contribution in [0.4, 0.5) is 0 Å². The first-order valence-electron chi connectivity index (χ1n) is 3.73. The Morgan fingerprint density at radius 3 is 2.31 bits per heavy atom. The number of ketones is 1. The molecular formula is C9H8BrNO2. The second-order valence-electron chi connectivity index (χ2n) is 2.67. The second-order valence-corrected chi connectivity index (χ2v) is 3.59. The molecule has 1 unspecified atom stereocenters. The Morgan fingerprint density at radius 2 is 1.92 bits per heavy atom. The van der Waals surface area contributed by atoms with E-state index in [1.54, 1.807) is 24.3 Å². The van der Waals surface area contributed by atoms with E-state index < -0.39 is 6.04 Å². The highest BCUT2D eigenvalue weighted by atomic mass is 79.9. The topological polar surface area (TPSA) is 46.5 Å². The second kappa shape index (κ2) is 4.28. The molecule has 0 aliphatic carbocycles. The highest BCUT2D eigenvalue weighted by molar-refractivity contribution is 9.10. The summed E-state index contributed by atoms with van der Waals surface area (Å²) in [4.78, 5) is 21.3. The Hall–Kier alpha value is -1.03. The Morgan fingerprint density at radius 1 is 1.38 bits per heavy atom. The average Bonchev–Trinajstić information content (AvgIpc) is 2.09. The summed E-state index contributed by atoms with van der Waals surface area (Å²) < 4.78 is 0.907. The van der Waals surface area contributed by atoms with Crippen LogP contribution in [0.15, 0.2) is 33.9 Å². The summed E-state index contributed by atoms with van der Waals surface area (Å²) in [5.41, 5.74) is 0.630. The summed E-state index contributed by atoms with van der Waals surface area (Å²) in [5, 5.41) is 2.77. The lowest BCUT2D eigenvalue weighted by atomic mass is 10.1. The number of nitroso groups, excluding NO2 is 1. The first kappa shape index (κ1) is 10.1. The zero-order chi connectivity index (χ0) is 9.84. The fourth-order valence-electron chi connectivity index (χ4n) is 1.01. The van der Waals surface area contributed by atoms with Crippen molar-refractivity contribution in [1.29, 1.82) is 0 Å². The zero-order valence-corrected chi connectivity index (χ0v) is 8.61. The third-order valence-electron chi connectivity index (χ3n) is 1.68. The average molecular weight is 242 g/mol. The van der Waals surface area contributed by atoms with Gasteiger partial charge in [-0.15, -0.1) is 4.91 Å². The number of nitrogens with zero attached hydrogens (tertiary/aromatic N) is 1. The molecule has 0 N–H and O–H groups in total. The fraction of sp³-hybridized carbons (Fsp3) is 0.222. The van der Waals surface area contributed by atoms with Crippen LogP contribution < -0.4 is 0 Å². The smallest absolute Gasteiger partial charge is 0.175 e. The van der Waals surface area contributed by atoms with Gasteiger partial charge in [-0.25, -0.2) is 0 Å². The van der Waals surface area contributed by atoms with Crippen molar-refractivity contribution in [2.24, 2.45) is 5.18 Å². The molecule has 0 aliphatic heterocycles. The summed E-state index contributed by atoms with van der Waals surface area (Å²) in [6, 6.07) is 6.09. The maximum absolute atomic E-state index is 11.0. The number of Topliss-reactive ketones (excluding diaryl/α,β-unsaturated/α-hetero) is 1. The molecule has 1 rings (SSSR count). The largest absolute Gasteiger partial charge is 0.297 e. The maximum Gasteiger partial charge on any atom is 0.175 e. The van der Waals surface area contributed by atoms with Gasteiger partial charge in [-0.2, -0.15) is 0 Å². The van der Waals surface area contributed by atoms with Gasteiger partial charge in [-0.1, -0.05) is 33.2 Å². The SMILES string of the molecule is CC(=O)C(N=O)c1ccc(Br)cc1. The lowest BCUT2D eigenvalue weighted by Gasteiger charge is -2.04. The Bertz CT molecular complexity index is 321. The Kier molecular flexibility index (Phi) is 3.31. The van der Waals surface area contributed by atoms with E-state index in [0.29, 0.717) is 5.56 Å². The summed E-state index contributed by atoms with van der Waals surface area (Å²) in [7, 11) is 0. The molecule has 68 valence electrons. The van der Waals surface area contributed by atoms with E-state index in [4.69, 9.17) is 0 Å². The van der Waals surface area contributed by atoms with E-state index in [9.17, 15) is 9.70 Å². The third kappa shape index (κ3) is 2.45. The van der Waals surface area contributed by atoms with Crippen LogP contribution in [0.5, 0.6) is 0 Å². The molecule has 0 aliphatic rings. The molecule has 4 heteroatoms.